The van der Waals surface area contributed by atoms with E-state index in [2.05, 4.69) is 20.6 Å². The first-order valence-electron chi connectivity index (χ1n) is 7.61. The molecule has 0 aliphatic carbocycles. The van der Waals surface area contributed by atoms with Gasteiger partial charge in [-0.2, -0.15) is 0 Å². The lowest BCUT2D eigenvalue weighted by Crippen LogP contribution is -2.53. The van der Waals surface area contributed by atoms with E-state index in [1.54, 1.807) is 24.5 Å². The fourth-order valence-electron chi connectivity index (χ4n) is 2.64. The number of halogens is 2. The van der Waals surface area contributed by atoms with Gasteiger partial charge in [-0.3, -0.25) is 4.79 Å². The first-order valence-corrected chi connectivity index (χ1v) is 9.25. The summed E-state index contributed by atoms with van der Waals surface area (Å²) in [5, 5.41) is 9.75. The molecule has 1 saturated heterocycles. The molecule has 0 spiro atoms. The van der Waals surface area contributed by atoms with Crippen LogP contribution in [-0.2, 0) is 11.3 Å². The van der Waals surface area contributed by atoms with Crippen LogP contribution in [0.4, 0.5) is 0 Å². The number of amides is 1. The van der Waals surface area contributed by atoms with Crippen molar-refractivity contribution in [2.45, 2.75) is 32.1 Å². The Morgan fingerprint density at radius 3 is 3.00 bits per heavy atom. The van der Waals surface area contributed by atoms with Crippen molar-refractivity contribution in [2.75, 3.05) is 13.1 Å². The van der Waals surface area contributed by atoms with Crippen molar-refractivity contribution in [3.63, 3.8) is 0 Å². The second-order valence-corrected chi connectivity index (χ2v) is 7.34. The van der Waals surface area contributed by atoms with Gasteiger partial charge in [-0.05, 0) is 19.9 Å². The molecule has 2 atom stereocenters. The summed E-state index contributed by atoms with van der Waals surface area (Å²) in [4.78, 5) is 19.6. The quantitative estimate of drug-likeness (QED) is 0.735. The Bertz CT molecular complexity index is 705. The van der Waals surface area contributed by atoms with Crippen LogP contribution in [-0.4, -0.2) is 41.1 Å². The average Bonchev–Trinajstić information content (AvgIpc) is 3.18. The standard InChI is InChI=1S/C15H18Cl2N4O2S/c1-8-12(16)13(17)14(20-8)15(22)21-9-2-3-18-6-10(9)23-7-11-19-4-5-24-11/h4-5,9-10,18,20H,2-3,6-7H2,1H3,(H,21,22)/t9-,10+/m1/s1. The maximum absolute atomic E-state index is 12.5. The number of aromatic amines is 1. The molecule has 6 nitrogen and oxygen atoms in total. The van der Waals surface area contributed by atoms with Crippen molar-refractivity contribution in [3.05, 3.63) is 38.0 Å². The predicted molar refractivity (Wildman–Crippen MR) is 95.0 cm³/mol. The smallest absolute Gasteiger partial charge is 0.269 e. The summed E-state index contributed by atoms with van der Waals surface area (Å²) in [5.74, 6) is -0.273. The molecule has 24 heavy (non-hydrogen) atoms. The zero-order chi connectivity index (χ0) is 17.1. The second-order valence-electron chi connectivity index (χ2n) is 5.60. The molecular weight excluding hydrogens is 371 g/mol. The molecule has 0 radical (unpaired) electrons. The van der Waals surface area contributed by atoms with E-state index in [0.29, 0.717) is 23.9 Å². The van der Waals surface area contributed by atoms with Crippen molar-refractivity contribution in [1.82, 2.24) is 20.6 Å². The third kappa shape index (κ3) is 3.92. The van der Waals surface area contributed by atoms with Crippen molar-refractivity contribution in [3.8, 4) is 0 Å². The summed E-state index contributed by atoms with van der Waals surface area (Å²) in [6.45, 7) is 3.70. The highest BCUT2D eigenvalue weighted by Gasteiger charge is 2.29. The van der Waals surface area contributed by atoms with Gasteiger partial charge in [-0.25, -0.2) is 4.98 Å². The molecule has 1 aliphatic heterocycles. The molecule has 3 heterocycles. The van der Waals surface area contributed by atoms with Gasteiger partial charge in [-0.1, -0.05) is 23.2 Å². The second kappa shape index (κ2) is 7.84. The predicted octanol–water partition coefficient (Wildman–Crippen LogP) is 2.76. The normalized spacial score (nSPS) is 21.0. The number of nitrogens with one attached hydrogen (secondary N) is 3. The minimum absolute atomic E-state index is 0.0999. The van der Waals surface area contributed by atoms with Gasteiger partial charge in [0.15, 0.2) is 0 Å². The number of thiazole rings is 1. The molecule has 3 N–H and O–H groups in total. The molecule has 2 aromatic rings. The molecule has 0 aromatic carbocycles. The molecule has 0 unspecified atom stereocenters. The molecule has 2 aromatic heterocycles. The zero-order valence-electron chi connectivity index (χ0n) is 13.1. The Labute approximate surface area is 153 Å². The molecule has 130 valence electrons. The maximum atomic E-state index is 12.5. The van der Waals surface area contributed by atoms with Gasteiger partial charge in [0.2, 0.25) is 0 Å². The molecular formula is C15H18Cl2N4O2S. The van der Waals surface area contributed by atoms with Gasteiger partial charge < -0.3 is 20.4 Å². The molecule has 0 saturated carbocycles. The third-order valence-corrected chi connectivity index (χ3v) is 5.63. The number of piperidine rings is 1. The first-order chi connectivity index (χ1) is 11.6. The molecule has 9 heteroatoms. The molecule has 1 fully saturated rings. The average molecular weight is 389 g/mol. The number of hydrogen-bond acceptors (Lipinski definition) is 5. The number of rotatable bonds is 5. The molecule has 1 aliphatic rings. The lowest BCUT2D eigenvalue weighted by molar-refractivity contribution is 0.00351. The Kier molecular flexibility index (Phi) is 5.78. The number of H-pyrrole nitrogens is 1. The van der Waals surface area contributed by atoms with Crippen LogP contribution in [0.25, 0.3) is 0 Å². The topological polar surface area (TPSA) is 79.0 Å². The van der Waals surface area contributed by atoms with E-state index < -0.39 is 0 Å². The van der Waals surface area contributed by atoms with Crippen molar-refractivity contribution in [2.24, 2.45) is 0 Å². The largest absolute Gasteiger partial charge is 0.368 e. The Morgan fingerprint density at radius 1 is 1.50 bits per heavy atom. The summed E-state index contributed by atoms with van der Waals surface area (Å²) < 4.78 is 5.94. The minimum atomic E-state index is -0.273. The fourth-order valence-corrected chi connectivity index (χ4v) is 3.59. The fraction of sp³-hybridized carbons (Fsp3) is 0.467. The van der Waals surface area contributed by atoms with Crippen molar-refractivity contribution < 1.29 is 9.53 Å². The number of ether oxygens (including phenoxy) is 1. The number of hydrogen-bond donors (Lipinski definition) is 3. The molecule has 3 rings (SSSR count). The van der Waals surface area contributed by atoms with Crippen LogP contribution in [0.3, 0.4) is 0 Å². The van der Waals surface area contributed by atoms with Crippen LogP contribution in [0.2, 0.25) is 10.0 Å². The first kappa shape index (κ1) is 17.7. The van der Waals surface area contributed by atoms with Gasteiger partial charge in [0.05, 0.1) is 28.8 Å². The van der Waals surface area contributed by atoms with Crippen LogP contribution < -0.4 is 10.6 Å². The zero-order valence-corrected chi connectivity index (χ0v) is 15.4. The number of nitrogens with zero attached hydrogens (tertiary/aromatic N) is 1. The third-order valence-electron chi connectivity index (χ3n) is 3.93. The minimum Gasteiger partial charge on any atom is -0.368 e. The van der Waals surface area contributed by atoms with E-state index >= 15 is 0 Å². The SMILES string of the molecule is Cc1[nH]c(C(=O)N[C@@H]2CCNC[C@@H]2OCc2nccs2)c(Cl)c1Cl. The monoisotopic (exact) mass is 388 g/mol. The van der Waals surface area contributed by atoms with Crippen LogP contribution in [0, 0.1) is 6.92 Å². The highest BCUT2D eigenvalue weighted by Crippen LogP contribution is 2.29. The van der Waals surface area contributed by atoms with Crippen LogP contribution in [0.15, 0.2) is 11.6 Å². The van der Waals surface area contributed by atoms with E-state index in [-0.39, 0.29) is 28.8 Å². The summed E-state index contributed by atoms with van der Waals surface area (Å²) in [5.41, 5.74) is 0.963. The lowest BCUT2D eigenvalue weighted by Gasteiger charge is -2.32. The lowest BCUT2D eigenvalue weighted by atomic mass is 10.0. The van der Waals surface area contributed by atoms with Gasteiger partial charge in [0.25, 0.3) is 5.91 Å². The van der Waals surface area contributed by atoms with Crippen LogP contribution in [0.5, 0.6) is 0 Å². The Balaban J connectivity index is 1.64. The number of carbonyl (C=O) groups is 1. The van der Waals surface area contributed by atoms with E-state index in [4.69, 9.17) is 27.9 Å². The molecule has 0 bridgehead atoms. The summed E-state index contributed by atoms with van der Waals surface area (Å²) in [6, 6.07) is -0.0999. The van der Waals surface area contributed by atoms with E-state index in [1.165, 1.54) is 0 Å². The maximum Gasteiger partial charge on any atom is 0.269 e. The van der Waals surface area contributed by atoms with E-state index in [1.807, 2.05) is 5.38 Å². The van der Waals surface area contributed by atoms with Gasteiger partial charge in [-0.15, -0.1) is 11.3 Å². The van der Waals surface area contributed by atoms with Gasteiger partial charge in [0, 0.05) is 23.8 Å². The summed E-state index contributed by atoms with van der Waals surface area (Å²) in [6.07, 6.45) is 2.40. The number of aryl methyl sites for hydroxylation is 1. The highest BCUT2D eigenvalue weighted by atomic mass is 35.5. The van der Waals surface area contributed by atoms with Crippen molar-refractivity contribution in [1.29, 1.82) is 0 Å². The van der Waals surface area contributed by atoms with Gasteiger partial charge >= 0.3 is 0 Å². The van der Waals surface area contributed by atoms with E-state index in [9.17, 15) is 4.79 Å². The summed E-state index contributed by atoms with van der Waals surface area (Å²) >= 11 is 13.7. The molecule has 1 amide bonds. The Morgan fingerprint density at radius 2 is 2.33 bits per heavy atom. The van der Waals surface area contributed by atoms with E-state index in [0.717, 1.165) is 18.0 Å². The highest BCUT2D eigenvalue weighted by molar-refractivity contribution is 7.09. The summed E-state index contributed by atoms with van der Waals surface area (Å²) in [7, 11) is 0. The Hall–Kier alpha value is -1.12. The van der Waals surface area contributed by atoms with Crippen LogP contribution in [0.1, 0.15) is 27.6 Å². The number of aromatic nitrogens is 2. The van der Waals surface area contributed by atoms with Gasteiger partial charge in [0.1, 0.15) is 10.7 Å². The van der Waals surface area contributed by atoms with Crippen molar-refractivity contribution >= 4 is 40.4 Å². The van der Waals surface area contributed by atoms with Crippen LogP contribution >= 0.6 is 34.5 Å². The number of carbonyl (C=O) groups excluding carboxylic acids is 1.